The van der Waals surface area contributed by atoms with Gasteiger partial charge in [0.1, 0.15) is 6.61 Å². The van der Waals surface area contributed by atoms with Crippen molar-refractivity contribution >= 4 is 5.91 Å². The molecule has 0 aromatic carbocycles. The van der Waals surface area contributed by atoms with Gasteiger partial charge in [-0.2, -0.15) is 13.2 Å². The van der Waals surface area contributed by atoms with E-state index in [1.165, 1.54) is 0 Å². The zero-order valence-corrected chi connectivity index (χ0v) is 11.2. The van der Waals surface area contributed by atoms with Gasteiger partial charge in [-0.05, 0) is 12.5 Å². The predicted octanol–water partition coefficient (Wildman–Crippen LogP) is 1.63. The summed E-state index contributed by atoms with van der Waals surface area (Å²) in [5, 5.41) is 2.68. The van der Waals surface area contributed by atoms with Gasteiger partial charge < -0.3 is 14.8 Å². The third-order valence-electron chi connectivity index (χ3n) is 3.02. The fourth-order valence-electron chi connectivity index (χ4n) is 1.85. The number of pyridine rings is 1. The zero-order chi connectivity index (χ0) is 15.3. The van der Waals surface area contributed by atoms with Crippen LogP contribution in [0, 0.1) is 5.92 Å². The summed E-state index contributed by atoms with van der Waals surface area (Å²) in [4.78, 5) is 15.2. The molecule has 0 radical (unpaired) electrons. The lowest BCUT2D eigenvalue weighted by Gasteiger charge is -2.10. The SMILES string of the molecule is O=C(NCCOc1ccc(C(F)(F)F)cn1)[C@@H]1CCOC1. The predicted molar refractivity (Wildman–Crippen MR) is 66.7 cm³/mol. The molecule has 1 aliphatic rings. The number of carbonyl (C=O) groups is 1. The molecule has 0 saturated carbocycles. The molecule has 2 heterocycles. The summed E-state index contributed by atoms with van der Waals surface area (Å²) in [5.74, 6) is -0.146. The molecule has 8 heteroatoms. The Morgan fingerprint density at radius 1 is 1.48 bits per heavy atom. The van der Waals surface area contributed by atoms with E-state index in [9.17, 15) is 18.0 Å². The van der Waals surface area contributed by atoms with Gasteiger partial charge in [-0.3, -0.25) is 4.79 Å². The summed E-state index contributed by atoms with van der Waals surface area (Å²) in [6, 6.07) is 2.05. The highest BCUT2D eigenvalue weighted by Crippen LogP contribution is 2.29. The Balaban J connectivity index is 1.70. The van der Waals surface area contributed by atoms with Crippen LogP contribution in [0.5, 0.6) is 5.88 Å². The molecule has 1 aliphatic heterocycles. The Morgan fingerprint density at radius 3 is 2.86 bits per heavy atom. The molecule has 5 nitrogen and oxygen atoms in total. The maximum Gasteiger partial charge on any atom is 0.417 e. The highest BCUT2D eigenvalue weighted by atomic mass is 19.4. The quantitative estimate of drug-likeness (QED) is 0.840. The number of hydrogen-bond donors (Lipinski definition) is 1. The summed E-state index contributed by atoms with van der Waals surface area (Å²) < 4.78 is 47.2. The number of hydrogen-bond acceptors (Lipinski definition) is 4. The summed E-state index contributed by atoms with van der Waals surface area (Å²) in [6.45, 7) is 1.41. The lowest BCUT2D eigenvalue weighted by molar-refractivity contribution is -0.137. The molecule has 1 atom stereocenters. The van der Waals surface area contributed by atoms with Gasteiger partial charge in [0.2, 0.25) is 11.8 Å². The molecule has 0 spiro atoms. The largest absolute Gasteiger partial charge is 0.476 e. The van der Waals surface area contributed by atoms with Crippen LogP contribution >= 0.6 is 0 Å². The van der Waals surface area contributed by atoms with Crippen molar-refractivity contribution in [2.45, 2.75) is 12.6 Å². The Hall–Kier alpha value is -1.83. The second-order valence-corrected chi connectivity index (χ2v) is 4.58. The molecule has 21 heavy (non-hydrogen) atoms. The smallest absolute Gasteiger partial charge is 0.417 e. The van der Waals surface area contributed by atoms with E-state index in [4.69, 9.17) is 9.47 Å². The summed E-state index contributed by atoms with van der Waals surface area (Å²) in [5.41, 5.74) is -0.829. The maximum atomic E-state index is 12.3. The number of carbonyl (C=O) groups excluding carboxylic acids is 1. The van der Waals surface area contributed by atoms with Crippen LogP contribution in [-0.4, -0.2) is 37.3 Å². The Bertz CT molecular complexity index is 471. The fourth-order valence-corrected chi connectivity index (χ4v) is 1.85. The molecule has 1 fully saturated rings. The minimum Gasteiger partial charge on any atom is -0.476 e. The average Bonchev–Trinajstić information content (AvgIpc) is 2.97. The van der Waals surface area contributed by atoms with Gasteiger partial charge in [0.15, 0.2) is 0 Å². The van der Waals surface area contributed by atoms with Crippen LogP contribution < -0.4 is 10.1 Å². The van der Waals surface area contributed by atoms with Gasteiger partial charge in [0, 0.05) is 18.9 Å². The summed E-state index contributed by atoms with van der Waals surface area (Å²) >= 11 is 0. The fraction of sp³-hybridized carbons (Fsp3) is 0.538. The second kappa shape index (κ2) is 6.75. The third-order valence-corrected chi connectivity index (χ3v) is 3.02. The van der Waals surface area contributed by atoms with Crippen molar-refractivity contribution < 1.29 is 27.4 Å². The third kappa shape index (κ3) is 4.59. The van der Waals surface area contributed by atoms with E-state index in [0.717, 1.165) is 12.1 Å². The van der Waals surface area contributed by atoms with Crippen LogP contribution in [0.15, 0.2) is 18.3 Å². The van der Waals surface area contributed by atoms with E-state index < -0.39 is 11.7 Å². The molecule has 0 bridgehead atoms. The molecule has 1 saturated heterocycles. The van der Waals surface area contributed by atoms with Gasteiger partial charge in [0.05, 0.1) is 24.6 Å². The number of alkyl halides is 3. The highest BCUT2D eigenvalue weighted by molar-refractivity contribution is 5.78. The lowest BCUT2D eigenvalue weighted by atomic mass is 10.1. The Kier molecular flexibility index (Phi) is 5.00. The molecule has 0 aliphatic carbocycles. The van der Waals surface area contributed by atoms with E-state index in [0.29, 0.717) is 25.8 Å². The minimum atomic E-state index is -4.41. The highest BCUT2D eigenvalue weighted by Gasteiger charge is 2.30. The van der Waals surface area contributed by atoms with Gasteiger partial charge in [-0.1, -0.05) is 0 Å². The number of rotatable bonds is 5. The standard InChI is InChI=1S/C13H15F3N2O3/c14-13(15,16)10-1-2-11(18-7-10)21-6-4-17-12(19)9-3-5-20-8-9/h1-2,7,9H,3-6,8H2,(H,17,19)/t9-/m1/s1. The topological polar surface area (TPSA) is 60.5 Å². The van der Waals surface area contributed by atoms with Crippen molar-refractivity contribution in [2.24, 2.45) is 5.92 Å². The number of amides is 1. The van der Waals surface area contributed by atoms with Crippen molar-refractivity contribution in [3.05, 3.63) is 23.9 Å². The molecule has 116 valence electrons. The van der Waals surface area contributed by atoms with E-state index >= 15 is 0 Å². The Morgan fingerprint density at radius 2 is 2.29 bits per heavy atom. The molecule has 0 unspecified atom stereocenters. The first-order chi connectivity index (χ1) is 9.97. The summed E-state index contributed by atoms with van der Waals surface area (Å²) in [7, 11) is 0. The van der Waals surface area contributed by atoms with Crippen molar-refractivity contribution in [1.82, 2.24) is 10.3 Å². The molecule has 1 amide bonds. The number of nitrogens with zero attached hydrogens (tertiary/aromatic N) is 1. The van der Waals surface area contributed by atoms with Crippen molar-refractivity contribution in [3.8, 4) is 5.88 Å². The molecule has 1 N–H and O–H groups in total. The average molecular weight is 304 g/mol. The molecular weight excluding hydrogens is 289 g/mol. The van der Waals surface area contributed by atoms with Crippen LogP contribution in [0.3, 0.4) is 0 Å². The van der Waals surface area contributed by atoms with Gasteiger partial charge in [-0.15, -0.1) is 0 Å². The number of aromatic nitrogens is 1. The van der Waals surface area contributed by atoms with Gasteiger partial charge in [-0.25, -0.2) is 4.98 Å². The first-order valence-corrected chi connectivity index (χ1v) is 6.48. The zero-order valence-electron chi connectivity index (χ0n) is 11.2. The number of ether oxygens (including phenoxy) is 2. The van der Waals surface area contributed by atoms with Crippen molar-refractivity contribution in [2.75, 3.05) is 26.4 Å². The molecule has 1 aromatic rings. The first kappa shape index (κ1) is 15.6. The van der Waals surface area contributed by atoms with Gasteiger partial charge in [0.25, 0.3) is 0 Å². The van der Waals surface area contributed by atoms with Crippen molar-refractivity contribution in [1.29, 1.82) is 0 Å². The van der Waals surface area contributed by atoms with Crippen LogP contribution in [0.1, 0.15) is 12.0 Å². The van der Waals surface area contributed by atoms with Crippen LogP contribution in [0.2, 0.25) is 0 Å². The minimum absolute atomic E-state index is 0.0847. The number of nitrogens with one attached hydrogen (secondary N) is 1. The van der Waals surface area contributed by atoms with E-state index in [-0.39, 0.29) is 30.9 Å². The van der Waals surface area contributed by atoms with Crippen LogP contribution in [0.4, 0.5) is 13.2 Å². The normalized spacial score (nSPS) is 18.5. The van der Waals surface area contributed by atoms with E-state index in [2.05, 4.69) is 10.3 Å². The molecule has 1 aromatic heterocycles. The van der Waals surface area contributed by atoms with Crippen LogP contribution in [0.25, 0.3) is 0 Å². The molecular formula is C13H15F3N2O3. The monoisotopic (exact) mass is 304 g/mol. The Labute approximate surface area is 119 Å². The summed E-state index contributed by atoms with van der Waals surface area (Å²) in [6.07, 6.45) is -3.00. The molecule has 2 rings (SSSR count). The van der Waals surface area contributed by atoms with Crippen LogP contribution in [-0.2, 0) is 15.7 Å². The van der Waals surface area contributed by atoms with Gasteiger partial charge >= 0.3 is 6.18 Å². The second-order valence-electron chi connectivity index (χ2n) is 4.58. The van der Waals surface area contributed by atoms with E-state index in [1.807, 2.05) is 0 Å². The first-order valence-electron chi connectivity index (χ1n) is 6.48. The lowest BCUT2D eigenvalue weighted by Crippen LogP contribution is -2.33. The van der Waals surface area contributed by atoms with E-state index in [1.54, 1.807) is 0 Å². The van der Waals surface area contributed by atoms with Crippen molar-refractivity contribution in [3.63, 3.8) is 0 Å². The number of halogens is 3. The maximum absolute atomic E-state index is 12.3.